The van der Waals surface area contributed by atoms with Crippen molar-refractivity contribution in [1.82, 2.24) is 0 Å². The molecule has 15 heavy (non-hydrogen) atoms. The second kappa shape index (κ2) is 4.43. The van der Waals surface area contributed by atoms with Gasteiger partial charge in [0.1, 0.15) is 0 Å². The SMILES string of the molecule is CCCCN(C)c1ccc2c(c1)OCO2. The van der Waals surface area contributed by atoms with E-state index in [1.807, 2.05) is 12.1 Å². The van der Waals surface area contributed by atoms with E-state index in [-0.39, 0.29) is 0 Å². The van der Waals surface area contributed by atoms with E-state index in [1.165, 1.54) is 18.5 Å². The molecule has 82 valence electrons. The van der Waals surface area contributed by atoms with Gasteiger partial charge in [-0.05, 0) is 18.6 Å². The minimum atomic E-state index is 0.345. The zero-order chi connectivity index (χ0) is 10.7. The normalized spacial score (nSPS) is 12.9. The van der Waals surface area contributed by atoms with Gasteiger partial charge in [-0.25, -0.2) is 0 Å². The molecule has 2 rings (SSSR count). The summed E-state index contributed by atoms with van der Waals surface area (Å²) >= 11 is 0. The summed E-state index contributed by atoms with van der Waals surface area (Å²) in [5, 5.41) is 0. The highest BCUT2D eigenvalue weighted by atomic mass is 16.7. The molecule has 0 N–H and O–H groups in total. The molecule has 0 aliphatic carbocycles. The summed E-state index contributed by atoms with van der Waals surface area (Å²) in [7, 11) is 2.10. The van der Waals surface area contributed by atoms with Crippen LogP contribution in [0.3, 0.4) is 0 Å². The molecule has 0 bridgehead atoms. The maximum absolute atomic E-state index is 5.34. The number of rotatable bonds is 4. The van der Waals surface area contributed by atoms with E-state index < -0.39 is 0 Å². The lowest BCUT2D eigenvalue weighted by molar-refractivity contribution is 0.174. The van der Waals surface area contributed by atoms with Crippen LogP contribution in [0.15, 0.2) is 18.2 Å². The van der Waals surface area contributed by atoms with Crippen LogP contribution in [0.5, 0.6) is 11.5 Å². The summed E-state index contributed by atoms with van der Waals surface area (Å²) in [6, 6.07) is 6.08. The molecule has 3 heteroatoms. The number of benzene rings is 1. The van der Waals surface area contributed by atoms with E-state index in [2.05, 4.69) is 24.9 Å². The second-order valence-corrected chi connectivity index (χ2v) is 3.81. The average Bonchev–Trinajstić information content (AvgIpc) is 2.72. The van der Waals surface area contributed by atoms with Gasteiger partial charge >= 0.3 is 0 Å². The number of hydrogen-bond donors (Lipinski definition) is 0. The van der Waals surface area contributed by atoms with Gasteiger partial charge in [0.15, 0.2) is 11.5 Å². The summed E-state index contributed by atoms with van der Waals surface area (Å²) in [5.74, 6) is 1.71. The minimum absolute atomic E-state index is 0.345. The standard InChI is InChI=1S/C12H17NO2/c1-3-4-7-13(2)10-5-6-11-12(8-10)15-9-14-11/h5-6,8H,3-4,7,9H2,1-2H3. The van der Waals surface area contributed by atoms with Gasteiger partial charge in [-0.2, -0.15) is 0 Å². The van der Waals surface area contributed by atoms with Crippen molar-refractivity contribution in [3.8, 4) is 11.5 Å². The Bertz CT molecular complexity index is 338. The molecule has 1 aromatic carbocycles. The third-order valence-electron chi connectivity index (χ3n) is 2.64. The van der Waals surface area contributed by atoms with Gasteiger partial charge in [0.25, 0.3) is 0 Å². The zero-order valence-electron chi connectivity index (χ0n) is 9.32. The van der Waals surface area contributed by atoms with Gasteiger partial charge < -0.3 is 14.4 Å². The Morgan fingerprint density at radius 2 is 2.07 bits per heavy atom. The smallest absolute Gasteiger partial charge is 0.231 e. The maximum atomic E-state index is 5.34. The lowest BCUT2D eigenvalue weighted by Gasteiger charge is -2.19. The third kappa shape index (κ3) is 2.17. The molecule has 0 saturated heterocycles. The van der Waals surface area contributed by atoms with Crippen LogP contribution in [0.1, 0.15) is 19.8 Å². The van der Waals surface area contributed by atoms with Crippen LogP contribution in [0.25, 0.3) is 0 Å². The lowest BCUT2D eigenvalue weighted by Crippen LogP contribution is -2.17. The first-order valence-electron chi connectivity index (χ1n) is 5.42. The van der Waals surface area contributed by atoms with Crippen LogP contribution in [0, 0.1) is 0 Å². The van der Waals surface area contributed by atoms with Gasteiger partial charge in [-0.15, -0.1) is 0 Å². The molecule has 0 saturated carbocycles. The molecule has 0 aromatic heterocycles. The molecular formula is C12H17NO2. The molecule has 1 aliphatic rings. The van der Waals surface area contributed by atoms with Gasteiger partial charge in [-0.1, -0.05) is 13.3 Å². The Morgan fingerprint density at radius 1 is 1.27 bits per heavy atom. The highest BCUT2D eigenvalue weighted by molar-refractivity contribution is 5.56. The molecule has 0 radical (unpaired) electrons. The van der Waals surface area contributed by atoms with E-state index in [1.54, 1.807) is 0 Å². The van der Waals surface area contributed by atoms with Gasteiger partial charge in [0, 0.05) is 25.3 Å². The van der Waals surface area contributed by atoms with Crippen LogP contribution in [-0.2, 0) is 0 Å². The highest BCUT2D eigenvalue weighted by Crippen LogP contribution is 2.35. The van der Waals surface area contributed by atoms with Crippen LogP contribution in [0.2, 0.25) is 0 Å². The predicted molar refractivity (Wildman–Crippen MR) is 60.7 cm³/mol. The van der Waals surface area contributed by atoms with Crippen molar-refractivity contribution in [1.29, 1.82) is 0 Å². The van der Waals surface area contributed by atoms with E-state index in [4.69, 9.17) is 9.47 Å². The monoisotopic (exact) mass is 207 g/mol. The number of anilines is 1. The number of hydrogen-bond acceptors (Lipinski definition) is 3. The fourth-order valence-electron chi connectivity index (χ4n) is 1.65. The summed E-state index contributed by atoms with van der Waals surface area (Å²) < 4.78 is 10.6. The van der Waals surface area contributed by atoms with Crippen LogP contribution in [-0.4, -0.2) is 20.4 Å². The molecule has 0 unspecified atom stereocenters. The van der Waals surface area contributed by atoms with Crippen LogP contribution < -0.4 is 14.4 Å². The molecule has 0 atom stereocenters. The Kier molecular flexibility index (Phi) is 2.99. The molecule has 1 aromatic rings. The van der Waals surface area contributed by atoms with Crippen molar-refractivity contribution in [3.63, 3.8) is 0 Å². The van der Waals surface area contributed by atoms with Crippen LogP contribution in [0.4, 0.5) is 5.69 Å². The summed E-state index contributed by atoms with van der Waals surface area (Å²) in [6.07, 6.45) is 2.43. The first-order chi connectivity index (χ1) is 7.31. The molecule has 1 aliphatic heterocycles. The average molecular weight is 207 g/mol. The molecule has 0 fully saturated rings. The van der Waals surface area contributed by atoms with E-state index in [0.717, 1.165) is 18.0 Å². The van der Waals surface area contributed by atoms with Gasteiger partial charge in [-0.3, -0.25) is 0 Å². The van der Waals surface area contributed by atoms with Crippen molar-refractivity contribution < 1.29 is 9.47 Å². The number of nitrogens with zero attached hydrogens (tertiary/aromatic N) is 1. The Hall–Kier alpha value is -1.38. The Labute approximate surface area is 90.6 Å². The first kappa shape index (κ1) is 10.1. The minimum Gasteiger partial charge on any atom is -0.454 e. The topological polar surface area (TPSA) is 21.7 Å². The molecule has 0 spiro atoms. The predicted octanol–water partition coefficient (Wildman–Crippen LogP) is 2.65. The van der Waals surface area contributed by atoms with Crippen molar-refractivity contribution in [2.75, 3.05) is 25.3 Å². The molecule has 0 amide bonds. The number of unbranched alkanes of at least 4 members (excludes halogenated alkanes) is 1. The fraction of sp³-hybridized carbons (Fsp3) is 0.500. The second-order valence-electron chi connectivity index (χ2n) is 3.81. The summed E-state index contributed by atoms with van der Waals surface area (Å²) in [6.45, 7) is 3.63. The molecular weight excluding hydrogens is 190 g/mol. The van der Waals surface area contributed by atoms with E-state index >= 15 is 0 Å². The van der Waals surface area contributed by atoms with Crippen LogP contribution >= 0.6 is 0 Å². The van der Waals surface area contributed by atoms with Gasteiger partial charge in [0.05, 0.1) is 0 Å². The zero-order valence-corrected chi connectivity index (χ0v) is 9.32. The fourth-order valence-corrected chi connectivity index (χ4v) is 1.65. The Balaban J connectivity index is 2.08. The lowest BCUT2D eigenvalue weighted by atomic mass is 10.2. The van der Waals surface area contributed by atoms with E-state index in [9.17, 15) is 0 Å². The molecule has 1 heterocycles. The molecule has 3 nitrogen and oxygen atoms in total. The summed E-state index contributed by atoms with van der Waals surface area (Å²) in [5.41, 5.74) is 1.19. The van der Waals surface area contributed by atoms with E-state index in [0.29, 0.717) is 6.79 Å². The summed E-state index contributed by atoms with van der Waals surface area (Å²) in [4.78, 5) is 2.24. The van der Waals surface area contributed by atoms with Crippen molar-refractivity contribution in [2.24, 2.45) is 0 Å². The highest BCUT2D eigenvalue weighted by Gasteiger charge is 2.14. The third-order valence-corrected chi connectivity index (χ3v) is 2.64. The number of ether oxygens (including phenoxy) is 2. The first-order valence-corrected chi connectivity index (χ1v) is 5.42. The van der Waals surface area contributed by atoms with Crippen molar-refractivity contribution in [3.05, 3.63) is 18.2 Å². The van der Waals surface area contributed by atoms with Crippen molar-refractivity contribution >= 4 is 5.69 Å². The maximum Gasteiger partial charge on any atom is 0.231 e. The van der Waals surface area contributed by atoms with Gasteiger partial charge in [0.2, 0.25) is 6.79 Å². The number of fused-ring (bicyclic) bond motifs is 1. The largest absolute Gasteiger partial charge is 0.454 e. The Morgan fingerprint density at radius 3 is 2.87 bits per heavy atom. The van der Waals surface area contributed by atoms with Crippen molar-refractivity contribution in [2.45, 2.75) is 19.8 Å². The quantitative estimate of drug-likeness (QED) is 0.757.